The van der Waals surface area contributed by atoms with Gasteiger partial charge in [-0.05, 0) is 115 Å². The van der Waals surface area contributed by atoms with E-state index in [4.69, 9.17) is 0 Å². The van der Waals surface area contributed by atoms with Crippen LogP contribution in [0.3, 0.4) is 0 Å². The molecule has 0 bridgehead atoms. The Hall–Kier alpha value is -6.95. The van der Waals surface area contributed by atoms with Gasteiger partial charge in [-0.25, -0.2) is 0 Å². The van der Waals surface area contributed by atoms with Gasteiger partial charge in [-0.15, -0.1) is 0 Å². The zero-order valence-electron chi connectivity index (χ0n) is 30.7. The summed E-state index contributed by atoms with van der Waals surface area (Å²) >= 11 is 0. The standard InChI is InChI=1S/C53H36N2/c1-52(2)45-20-10-6-17-39(45)42-28-25-36(31-48(42)52)55(51-23-13-9-16-38(51)35-14-4-3-5-15-35)37-26-29-44-41-19-8-12-22-47(41)53(50(44)32-37)46-21-11-7-18-40(46)43-27-24-34(33-54)30-49(43)53/h3-32H,1-2H3. The van der Waals surface area contributed by atoms with Crippen molar-refractivity contribution in [3.05, 3.63) is 221 Å². The maximum atomic E-state index is 10.2. The predicted octanol–water partition coefficient (Wildman–Crippen LogP) is 13.3. The van der Waals surface area contributed by atoms with Gasteiger partial charge < -0.3 is 4.90 Å². The van der Waals surface area contributed by atoms with E-state index in [0.29, 0.717) is 5.56 Å². The highest BCUT2D eigenvalue weighted by Gasteiger charge is 2.52. The summed E-state index contributed by atoms with van der Waals surface area (Å²) in [7, 11) is 0. The van der Waals surface area contributed by atoms with Crippen molar-refractivity contribution < 1.29 is 0 Å². The number of hydrogen-bond donors (Lipinski definition) is 0. The predicted molar refractivity (Wildman–Crippen MR) is 225 cm³/mol. The smallest absolute Gasteiger partial charge is 0.0991 e. The van der Waals surface area contributed by atoms with Crippen LogP contribution in [0, 0.1) is 11.3 Å². The number of nitriles is 1. The third-order valence-electron chi connectivity index (χ3n) is 12.5. The molecule has 8 aromatic carbocycles. The molecule has 3 aliphatic carbocycles. The summed E-state index contributed by atoms with van der Waals surface area (Å²) in [6.45, 7) is 4.70. The first-order valence-electron chi connectivity index (χ1n) is 19.1. The van der Waals surface area contributed by atoms with Gasteiger partial charge in [-0.1, -0.05) is 153 Å². The van der Waals surface area contributed by atoms with Gasteiger partial charge in [-0.3, -0.25) is 0 Å². The van der Waals surface area contributed by atoms with E-state index in [9.17, 15) is 5.26 Å². The number of hydrogen-bond acceptors (Lipinski definition) is 2. The average molecular weight is 701 g/mol. The lowest BCUT2D eigenvalue weighted by Gasteiger charge is -2.33. The molecule has 3 aliphatic rings. The summed E-state index contributed by atoms with van der Waals surface area (Å²) < 4.78 is 0. The molecule has 1 unspecified atom stereocenters. The molecule has 0 fully saturated rings. The first-order valence-corrected chi connectivity index (χ1v) is 19.1. The Morgan fingerprint density at radius 1 is 0.400 bits per heavy atom. The molecule has 0 saturated heterocycles. The van der Waals surface area contributed by atoms with Gasteiger partial charge in [0.25, 0.3) is 0 Å². The summed E-state index contributed by atoms with van der Waals surface area (Å²) in [6.07, 6.45) is 0. The topological polar surface area (TPSA) is 27.0 Å². The molecule has 0 amide bonds. The minimum atomic E-state index is -0.576. The van der Waals surface area contributed by atoms with Crippen molar-refractivity contribution in [2.75, 3.05) is 4.90 Å². The third kappa shape index (κ3) is 4.24. The van der Waals surface area contributed by atoms with Crippen LogP contribution in [0.2, 0.25) is 0 Å². The molecular formula is C53H36N2. The molecule has 1 spiro atoms. The first-order chi connectivity index (χ1) is 27.0. The normalized spacial score (nSPS) is 16.0. The largest absolute Gasteiger partial charge is 0.310 e. The summed E-state index contributed by atoms with van der Waals surface area (Å²) in [5.41, 5.74) is 20.7. The van der Waals surface area contributed by atoms with Crippen molar-refractivity contribution in [1.29, 1.82) is 5.26 Å². The van der Waals surface area contributed by atoms with E-state index in [1.165, 1.54) is 77.9 Å². The molecule has 11 rings (SSSR count). The van der Waals surface area contributed by atoms with E-state index >= 15 is 0 Å². The van der Waals surface area contributed by atoms with E-state index in [1.807, 2.05) is 6.07 Å². The van der Waals surface area contributed by atoms with Crippen LogP contribution in [0.15, 0.2) is 182 Å². The quantitative estimate of drug-likeness (QED) is 0.183. The van der Waals surface area contributed by atoms with Gasteiger partial charge in [0.1, 0.15) is 0 Å². The maximum Gasteiger partial charge on any atom is 0.0991 e. The van der Waals surface area contributed by atoms with Gasteiger partial charge in [0.15, 0.2) is 0 Å². The zero-order valence-corrected chi connectivity index (χ0v) is 30.7. The van der Waals surface area contributed by atoms with Gasteiger partial charge in [-0.2, -0.15) is 5.26 Å². The Kier molecular flexibility index (Phi) is 6.61. The number of nitrogens with zero attached hydrogens (tertiary/aromatic N) is 2. The van der Waals surface area contributed by atoms with Crippen LogP contribution >= 0.6 is 0 Å². The van der Waals surface area contributed by atoms with Crippen LogP contribution in [-0.4, -0.2) is 0 Å². The molecule has 0 aliphatic heterocycles. The highest BCUT2D eigenvalue weighted by Crippen LogP contribution is 2.63. The lowest BCUT2D eigenvalue weighted by atomic mass is 9.70. The lowest BCUT2D eigenvalue weighted by molar-refractivity contribution is 0.660. The van der Waals surface area contributed by atoms with Crippen LogP contribution in [0.25, 0.3) is 44.5 Å². The summed E-state index contributed by atoms with van der Waals surface area (Å²) in [6, 6.07) is 68.9. The molecular weight excluding hydrogens is 665 g/mol. The van der Waals surface area contributed by atoms with E-state index < -0.39 is 5.41 Å². The zero-order chi connectivity index (χ0) is 36.9. The second kappa shape index (κ2) is 11.5. The molecule has 0 heterocycles. The molecule has 0 radical (unpaired) electrons. The molecule has 0 N–H and O–H groups in total. The Balaban J connectivity index is 1.20. The maximum absolute atomic E-state index is 10.2. The number of rotatable bonds is 4. The first kappa shape index (κ1) is 31.6. The Morgan fingerprint density at radius 2 is 0.855 bits per heavy atom. The minimum absolute atomic E-state index is 0.147. The summed E-state index contributed by atoms with van der Waals surface area (Å²) in [5.74, 6) is 0. The fourth-order valence-electron chi connectivity index (χ4n) is 10.1. The van der Waals surface area contributed by atoms with Gasteiger partial charge in [0, 0.05) is 22.4 Å². The van der Waals surface area contributed by atoms with Crippen LogP contribution < -0.4 is 4.90 Å². The second-order valence-corrected chi connectivity index (χ2v) is 15.6. The van der Waals surface area contributed by atoms with Crippen LogP contribution in [0.5, 0.6) is 0 Å². The van der Waals surface area contributed by atoms with E-state index in [1.54, 1.807) is 0 Å². The molecule has 0 aromatic heterocycles. The highest BCUT2D eigenvalue weighted by atomic mass is 15.1. The SMILES string of the molecule is CC1(C)c2ccccc2-c2ccc(N(c3ccc4c(c3)C3(c5ccccc5-c5ccc(C#N)cc53)c3ccccc3-4)c3ccccc3-c3ccccc3)cc21. The number of para-hydroxylation sites is 1. The molecule has 2 heteroatoms. The average Bonchev–Trinajstić information content (AvgIpc) is 3.79. The summed E-state index contributed by atoms with van der Waals surface area (Å²) in [5, 5.41) is 10.2. The second-order valence-electron chi connectivity index (χ2n) is 15.6. The van der Waals surface area contributed by atoms with Gasteiger partial charge >= 0.3 is 0 Å². The van der Waals surface area contributed by atoms with Crippen molar-refractivity contribution in [3.8, 4) is 50.6 Å². The Labute approximate surface area is 322 Å². The van der Waals surface area contributed by atoms with Gasteiger partial charge in [0.2, 0.25) is 0 Å². The highest BCUT2D eigenvalue weighted by molar-refractivity contribution is 5.97. The number of fused-ring (bicyclic) bond motifs is 13. The fraction of sp³-hybridized carbons (Fsp3) is 0.0755. The molecule has 258 valence electrons. The fourth-order valence-corrected chi connectivity index (χ4v) is 10.1. The van der Waals surface area contributed by atoms with Crippen LogP contribution in [-0.2, 0) is 10.8 Å². The number of benzene rings is 8. The van der Waals surface area contributed by atoms with Crippen molar-refractivity contribution in [2.45, 2.75) is 24.7 Å². The molecule has 2 nitrogen and oxygen atoms in total. The molecule has 0 saturated carbocycles. The van der Waals surface area contributed by atoms with Gasteiger partial charge in [0.05, 0.1) is 22.7 Å². The van der Waals surface area contributed by atoms with Crippen molar-refractivity contribution in [2.24, 2.45) is 0 Å². The third-order valence-corrected chi connectivity index (χ3v) is 12.5. The van der Waals surface area contributed by atoms with Crippen molar-refractivity contribution in [3.63, 3.8) is 0 Å². The molecule has 1 atom stereocenters. The van der Waals surface area contributed by atoms with E-state index in [0.717, 1.165) is 17.1 Å². The summed E-state index contributed by atoms with van der Waals surface area (Å²) in [4.78, 5) is 2.46. The van der Waals surface area contributed by atoms with E-state index in [-0.39, 0.29) is 5.41 Å². The van der Waals surface area contributed by atoms with Crippen molar-refractivity contribution >= 4 is 17.1 Å². The number of anilines is 3. The Morgan fingerprint density at radius 3 is 1.49 bits per heavy atom. The van der Waals surface area contributed by atoms with Crippen molar-refractivity contribution in [1.82, 2.24) is 0 Å². The Bertz CT molecular complexity index is 2910. The van der Waals surface area contributed by atoms with Crippen LogP contribution in [0.4, 0.5) is 17.1 Å². The minimum Gasteiger partial charge on any atom is -0.310 e. The lowest BCUT2D eigenvalue weighted by Crippen LogP contribution is -2.26. The molecule has 8 aromatic rings. The molecule has 55 heavy (non-hydrogen) atoms. The monoisotopic (exact) mass is 700 g/mol. The van der Waals surface area contributed by atoms with E-state index in [2.05, 4.69) is 201 Å². The van der Waals surface area contributed by atoms with Crippen LogP contribution in [0.1, 0.15) is 52.8 Å².